The number of thiophene rings is 1. The number of esters is 1. The fourth-order valence-electron chi connectivity index (χ4n) is 5.20. The molecule has 10 nitrogen and oxygen atoms in total. The molecule has 0 saturated heterocycles. The van der Waals surface area contributed by atoms with Crippen molar-refractivity contribution in [3.8, 4) is 0 Å². The number of hydrogen-bond acceptors (Lipinski definition) is 8. The first kappa shape index (κ1) is 27.7. The van der Waals surface area contributed by atoms with Gasteiger partial charge in [-0.1, -0.05) is 6.07 Å². The fourth-order valence-corrected chi connectivity index (χ4v) is 6.47. The molecule has 0 aromatic carbocycles. The average molecular weight is 564 g/mol. The number of hydrogen-bond donors (Lipinski definition) is 2. The van der Waals surface area contributed by atoms with Gasteiger partial charge >= 0.3 is 5.97 Å². The summed E-state index contributed by atoms with van der Waals surface area (Å²) in [6, 6.07) is 5.08. The Hall–Kier alpha value is -3.83. The van der Waals surface area contributed by atoms with E-state index < -0.39 is 11.9 Å². The number of anilines is 1. The van der Waals surface area contributed by atoms with Crippen molar-refractivity contribution in [3.05, 3.63) is 67.4 Å². The molecule has 0 spiro atoms. The lowest BCUT2D eigenvalue weighted by Crippen LogP contribution is -2.32. The Morgan fingerprint density at radius 3 is 2.75 bits per heavy atom. The molecule has 2 N–H and O–H groups in total. The van der Waals surface area contributed by atoms with E-state index >= 15 is 0 Å². The molecule has 1 aliphatic rings. The second kappa shape index (κ2) is 11.7. The topological polar surface area (TPSA) is 128 Å². The molecule has 210 valence electrons. The van der Waals surface area contributed by atoms with Gasteiger partial charge in [-0.3, -0.25) is 19.4 Å². The summed E-state index contributed by atoms with van der Waals surface area (Å²) in [4.78, 5) is 46.1. The number of pyridine rings is 2. The van der Waals surface area contributed by atoms with Crippen LogP contribution in [-0.4, -0.2) is 45.6 Å². The number of aromatic nitrogens is 3. The predicted molar refractivity (Wildman–Crippen MR) is 154 cm³/mol. The highest BCUT2D eigenvalue weighted by Crippen LogP contribution is 2.38. The van der Waals surface area contributed by atoms with E-state index in [1.54, 1.807) is 23.8 Å². The third kappa shape index (κ3) is 5.06. The molecule has 0 atom stereocenters. The summed E-state index contributed by atoms with van der Waals surface area (Å²) >= 11 is 1.38. The molecule has 1 aliphatic carbocycles. The first-order valence-corrected chi connectivity index (χ1v) is 14.5. The van der Waals surface area contributed by atoms with Gasteiger partial charge in [0.1, 0.15) is 21.8 Å². The molecule has 11 heteroatoms. The fraction of sp³-hybridized carbons (Fsp3) is 0.414. The van der Waals surface area contributed by atoms with Gasteiger partial charge in [0, 0.05) is 30.8 Å². The number of nitrogens with zero attached hydrogens (tertiary/aromatic N) is 3. The van der Waals surface area contributed by atoms with E-state index in [0.717, 1.165) is 41.7 Å². The van der Waals surface area contributed by atoms with Crippen LogP contribution in [0.25, 0.3) is 16.7 Å². The van der Waals surface area contributed by atoms with E-state index in [0.29, 0.717) is 48.0 Å². The highest BCUT2D eigenvalue weighted by molar-refractivity contribution is 7.17. The van der Waals surface area contributed by atoms with Crippen molar-refractivity contribution in [2.45, 2.75) is 59.4 Å². The Balaban J connectivity index is 1.63. The van der Waals surface area contributed by atoms with Gasteiger partial charge in [0.2, 0.25) is 0 Å². The lowest BCUT2D eigenvalue weighted by atomic mass is 9.95. The lowest BCUT2D eigenvalue weighted by molar-refractivity contribution is 0.0526. The molecule has 4 heterocycles. The van der Waals surface area contributed by atoms with Gasteiger partial charge in [0.05, 0.1) is 23.1 Å². The van der Waals surface area contributed by atoms with Crippen LogP contribution in [0.4, 0.5) is 5.00 Å². The Labute approximate surface area is 235 Å². The van der Waals surface area contributed by atoms with Crippen LogP contribution in [0, 0.1) is 12.3 Å². The maximum Gasteiger partial charge on any atom is 0.341 e. The molecule has 0 radical (unpaired) electrons. The molecule has 0 aliphatic heterocycles. The van der Waals surface area contributed by atoms with Gasteiger partial charge < -0.3 is 19.4 Å². The quantitative estimate of drug-likeness (QED) is 0.178. The number of nitrogens with one attached hydrogen (secondary N) is 2. The molecule has 40 heavy (non-hydrogen) atoms. The first-order valence-electron chi connectivity index (χ1n) is 13.7. The number of ether oxygens (including phenoxy) is 2. The molecule has 5 rings (SSSR count). The maximum absolute atomic E-state index is 13.7. The SMILES string of the molecule is CCOCCCn1c(=N)c(C(=O)Nc2sc3c(c2C(=O)OCC)CCCC3)cc2c(=O)n3cccc(C)c3nc21. The summed E-state index contributed by atoms with van der Waals surface area (Å²) in [6.45, 7) is 7.13. The molecule has 4 aromatic rings. The Bertz CT molecular complexity index is 1740. The van der Waals surface area contributed by atoms with Crippen molar-refractivity contribution in [1.82, 2.24) is 14.0 Å². The minimum Gasteiger partial charge on any atom is -0.462 e. The third-order valence-electron chi connectivity index (χ3n) is 7.13. The second-order valence-corrected chi connectivity index (χ2v) is 10.8. The van der Waals surface area contributed by atoms with Crippen molar-refractivity contribution < 1.29 is 19.1 Å². The number of carbonyl (C=O) groups is 2. The van der Waals surface area contributed by atoms with Gasteiger partial charge in [0.15, 0.2) is 0 Å². The average Bonchev–Trinajstić information content (AvgIpc) is 3.30. The lowest BCUT2D eigenvalue weighted by Gasteiger charge is -2.15. The van der Waals surface area contributed by atoms with E-state index in [1.165, 1.54) is 21.8 Å². The summed E-state index contributed by atoms with van der Waals surface area (Å²) in [6.07, 6.45) is 5.81. The first-order chi connectivity index (χ1) is 19.3. The normalized spacial score (nSPS) is 13.0. The summed E-state index contributed by atoms with van der Waals surface area (Å²) in [5.74, 6) is -1.03. The molecule has 4 aromatic heterocycles. The van der Waals surface area contributed by atoms with Crippen LogP contribution in [0.15, 0.2) is 29.2 Å². The molecule has 0 bridgehead atoms. The van der Waals surface area contributed by atoms with Crippen molar-refractivity contribution in [2.75, 3.05) is 25.1 Å². The highest BCUT2D eigenvalue weighted by Gasteiger charge is 2.28. The highest BCUT2D eigenvalue weighted by atomic mass is 32.1. The molecule has 1 amide bonds. The number of amides is 1. The van der Waals surface area contributed by atoms with E-state index in [2.05, 4.69) is 5.32 Å². The summed E-state index contributed by atoms with van der Waals surface area (Å²) < 4.78 is 13.9. The van der Waals surface area contributed by atoms with Crippen LogP contribution in [0.1, 0.15) is 69.8 Å². The van der Waals surface area contributed by atoms with E-state index in [9.17, 15) is 14.4 Å². The Morgan fingerprint density at radius 2 is 1.98 bits per heavy atom. The van der Waals surface area contributed by atoms with Crippen molar-refractivity contribution in [3.63, 3.8) is 0 Å². The summed E-state index contributed by atoms with van der Waals surface area (Å²) in [7, 11) is 0. The van der Waals surface area contributed by atoms with Crippen molar-refractivity contribution >= 4 is 44.9 Å². The summed E-state index contributed by atoms with van der Waals surface area (Å²) in [5.41, 5.74) is 2.63. The maximum atomic E-state index is 13.7. The van der Waals surface area contributed by atoms with E-state index in [1.807, 2.05) is 19.9 Å². The third-order valence-corrected chi connectivity index (χ3v) is 8.34. The Morgan fingerprint density at radius 1 is 1.18 bits per heavy atom. The number of aryl methyl sites for hydroxylation is 3. The van der Waals surface area contributed by atoms with Gasteiger partial charge in [-0.15, -0.1) is 11.3 Å². The van der Waals surface area contributed by atoms with Crippen LogP contribution in [0.3, 0.4) is 0 Å². The van der Waals surface area contributed by atoms with Crippen LogP contribution >= 0.6 is 11.3 Å². The van der Waals surface area contributed by atoms with E-state index in [-0.39, 0.29) is 28.6 Å². The number of fused-ring (bicyclic) bond motifs is 3. The minimum absolute atomic E-state index is 0.0246. The predicted octanol–water partition coefficient (Wildman–Crippen LogP) is 4.23. The van der Waals surface area contributed by atoms with Gasteiger partial charge in [-0.25, -0.2) is 9.78 Å². The zero-order chi connectivity index (χ0) is 28.4. The molecule has 0 unspecified atom stereocenters. The van der Waals surface area contributed by atoms with Crippen LogP contribution in [0.5, 0.6) is 0 Å². The van der Waals surface area contributed by atoms with Crippen molar-refractivity contribution in [1.29, 1.82) is 5.41 Å². The van der Waals surface area contributed by atoms with Crippen LogP contribution < -0.4 is 16.4 Å². The summed E-state index contributed by atoms with van der Waals surface area (Å²) in [5, 5.41) is 12.5. The zero-order valence-electron chi connectivity index (χ0n) is 23.0. The van der Waals surface area contributed by atoms with Crippen molar-refractivity contribution in [2.24, 2.45) is 0 Å². The van der Waals surface area contributed by atoms with Gasteiger partial charge in [-0.05, 0) is 76.1 Å². The molecular formula is C29H33N5O5S. The molecule has 0 fully saturated rings. The molecular weight excluding hydrogens is 530 g/mol. The van der Waals surface area contributed by atoms with E-state index in [4.69, 9.17) is 19.9 Å². The smallest absolute Gasteiger partial charge is 0.341 e. The monoisotopic (exact) mass is 563 g/mol. The van der Waals surface area contributed by atoms with Gasteiger partial charge in [-0.2, -0.15) is 0 Å². The van der Waals surface area contributed by atoms with Crippen LogP contribution in [0.2, 0.25) is 0 Å². The van der Waals surface area contributed by atoms with Crippen LogP contribution in [-0.2, 0) is 28.9 Å². The Kier molecular flexibility index (Phi) is 8.13. The molecule has 0 saturated carbocycles. The second-order valence-electron chi connectivity index (χ2n) is 9.74. The number of rotatable bonds is 9. The largest absolute Gasteiger partial charge is 0.462 e. The standard InChI is InChI=1S/C29H33N5O5S/c1-4-38-15-9-14-33-23(30)19(16-20-25(33)31-24-17(3)10-8-13-34(24)28(20)36)26(35)32-27-22(29(37)39-5-2)18-11-6-7-12-21(18)40-27/h8,10,13,16,30H,4-7,9,11-12,14-15H2,1-3H3,(H,32,35). The number of carbonyl (C=O) groups excluding carboxylic acids is 2. The van der Waals surface area contributed by atoms with Gasteiger partial charge in [0.25, 0.3) is 11.5 Å². The minimum atomic E-state index is -0.566. The zero-order valence-corrected chi connectivity index (χ0v) is 23.8.